The van der Waals surface area contributed by atoms with Gasteiger partial charge in [0.05, 0.1) is 6.10 Å². The molecule has 0 heterocycles. The highest BCUT2D eigenvalue weighted by atomic mass is 16.5. The van der Waals surface area contributed by atoms with Crippen LogP contribution in [-0.2, 0) is 19.1 Å². The Bertz CT molecular complexity index is 697. The molecule has 0 fully saturated rings. The molecule has 5 heteroatoms. The van der Waals surface area contributed by atoms with Crippen LogP contribution in [0.2, 0.25) is 0 Å². The number of carbonyl (C=O) groups excluding carboxylic acids is 2. The van der Waals surface area contributed by atoms with Crippen LogP contribution in [0.4, 0.5) is 0 Å². The van der Waals surface area contributed by atoms with Gasteiger partial charge < -0.3 is 14.4 Å². The lowest BCUT2D eigenvalue weighted by Crippen LogP contribution is -2.25. The van der Waals surface area contributed by atoms with Gasteiger partial charge in [-0.3, -0.25) is 9.59 Å². The highest BCUT2D eigenvalue weighted by Crippen LogP contribution is 2.19. The Labute approximate surface area is 313 Å². The van der Waals surface area contributed by atoms with E-state index < -0.39 is 0 Å². The molecule has 0 saturated carbocycles. The molecule has 50 heavy (non-hydrogen) atoms. The monoisotopic (exact) mass is 708 g/mol. The average Bonchev–Trinajstić information content (AvgIpc) is 3.10. The van der Waals surface area contributed by atoms with Crippen molar-refractivity contribution >= 4 is 11.9 Å². The van der Waals surface area contributed by atoms with Gasteiger partial charge in [-0.2, -0.15) is 0 Å². The fourth-order valence-electron chi connectivity index (χ4n) is 7.06. The summed E-state index contributed by atoms with van der Waals surface area (Å²) in [5.41, 5.74) is 0. The van der Waals surface area contributed by atoms with Gasteiger partial charge in [-0.25, -0.2) is 0 Å². The topological polar surface area (TPSA) is 55.8 Å². The van der Waals surface area contributed by atoms with Gasteiger partial charge in [0, 0.05) is 12.8 Å². The van der Waals surface area contributed by atoms with Crippen LogP contribution in [0.25, 0.3) is 0 Å². The van der Waals surface area contributed by atoms with Gasteiger partial charge in [-0.05, 0) is 90.8 Å². The molecule has 0 N–H and O–H groups in total. The van der Waals surface area contributed by atoms with Gasteiger partial charge in [0.15, 0.2) is 0 Å². The Morgan fingerprint density at radius 2 is 0.760 bits per heavy atom. The SMILES string of the molecule is CCCCCCCCCC(=O)OC(C)CCCCCCN(CC)CCCCCCCC(=O)OC(CCCCCCCC)CCCCCCCC. The normalized spacial score (nSPS) is 12.2. The third kappa shape index (κ3) is 35.3. The van der Waals surface area contributed by atoms with Crippen molar-refractivity contribution in [2.24, 2.45) is 0 Å². The van der Waals surface area contributed by atoms with E-state index in [1.165, 1.54) is 161 Å². The van der Waals surface area contributed by atoms with Gasteiger partial charge in [-0.1, -0.05) is 163 Å². The smallest absolute Gasteiger partial charge is 0.306 e. The fraction of sp³-hybridized carbons (Fsp3) is 0.956. The van der Waals surface area contributed by atoms with E-state index in [1.807, 2.05) is 0 Å². The summed E-state index contributed by atoms with van der Waals surface area (Å²) in [6.07, 6.45) is 39.3. The maximum Gasteiger partial charge on any atom is 0.306 e. The van der Waals surface area contributed by atoms with Crippen LogP contribution in [-0.4, -0.2) is 48.7 Å². The van der Waals surface area contributed by atoms with Crippen molar-refractivity contribution in [3.05, 3.63) is 0 Å². The maximum absolute atomic E-state index is 12.7. The minimum absolute atomic E-state index is 0.00606. The van der Waals surface area contributed by atoms with Gasteiger partial charge in [0.2, 0.25) is 0 Å². The lowest BCUT2D eigenvalue weighted by atomic mass is 10.0. The van der Waals surface area contributed by atoms with E-state index in [4.69, 9.17) is 9.47 Å². The third-order valence-corrected chi connectivity index (χ3v) is 10.5. The summed E-state index contributed by atoms with van der Waals surface area (Å²) in [6, 6.07) is 0. The quantitative estimate of drug-likeness (QED) is 0.0469. The Balaban J connectivity index is 3.92. The Kier molecular flexibility index (Phi) is 38.3. The van der Waals surface area contributed by atoms with E-state index in [1.54, 1.807) is 0 Å². The second-order valence-corrected chi connectivity index (χ2v) is 15.6. The molecule has 0 aromatic rings. The number of carbonyl (C=O) groups is 2. The summed E-state index contributed by atoms with van der Waals surface area (Å²) in [6.45, 7) is 14.6. The predicted molar refractivity (Wildman–Crippen MR) is 217 cm³/mol. The molecule has 5 nitrogen and oxygen atoms in total. The Morgan fingerprint density at radius 3 is 1.18 bits per heavy atom. The molecule has 0 rings (SSSR count). The van der Waals surface area contributed by atoms with E-state index >= 15 is 0 Å². The zero-order valence-corrected chi connectivity index (χ0v) is 34.7. The van der Waals surface area contributed by atoms with Crippen LogP contribution in [0, 0.1) is 0 Å². The third-order valence-electron chi connectivity index (χ3n) is 10.5. The number of ether oxygens (including phenoxy) is 2. The van der Waals surface area contributed by atoms with Crippen LogP contribution in [0.3, 0.4) is 0 Å². The first-order valence-electron chi connectivity index (χ1n) is 22.6. The van der Waals surface area contributed by atoms with Crippen molar-refractivity contribution in [2.75, 3.05) is 19.6 Å². The lowest BCUT2D eigenvalue weighted by molar-refractivity contribution is -0.150. The number of hydrogen-bond donors (Lipinski definition) is 0. The molecule has 0 aliphatic rings. The standard InChI is InChI=1S/C45H89NO4/c1-6-10-13-16-19-23-31-38-44(47)49-42(5)35-28-25-27-34-41-46(9-4)40-33-26-20-24-32-39-45(48)50-43(36-29-21-17-14-11-7-2)37-30-22-18-15-12-8-3/h42-43H,6-41H2,1-5H3. The molecule has 0 aliphatic heterocycles. The summed E-state index contributed by atoms with van der Waals surface area (Å²) in [7, 11) is 0. The molecular formula is C45H89NO4. The first-order chi connectivity index (χ1) is 24.5. The number of rotatable bonds is 40. The lowest BCUT2D eigenvalue weighted by Gasteiger charge is -2.20. The van der Waals surface area contributed by atoms with Crippen LogP contribution in [0.5, 0.6) is 0 Å². The molecule has 0 bridgehead atoms. The Hall–Kier alpha value is -1.10. The van der Waals surface area contributed by atoms with E-state index in [-0.39, 0.29) is 24.1 Å². The van der Waals surface area contributed by atoms with Crippen molar-refractivity contribution in [2.45, 2.75) is 259 Å². The Morgan fingerprint density at radius 1 is 0.420 bits per heavy atom. The predicted octanol–water partition coefficient (Wildman–Crippen LogP) is 14.1. The number of hydrogen-bond acceptors (Lipinski definition) is 5. The molecule has 0 amide bonds. The van der Waals surface area contributed by atoms with Crippen LogP contribution < -0.4 is 0 Å². The van der Waals surface area contributed by atoms with Crippen molar-refractivity contribution in [1.82, 2.24) is 4.90 Å². The first-order valence-corrected chi connectivity index (χ1v) is 22.6. The molecule has 0 aromatic heterocycles. The van der Waals surface area contributed by atoms with Crippen LogP contribution >= 0.6 is 0 Å². The molecule has 0 aliphatic carbocycles. The van der Waals surface area contributed by atoms with Crippen molar-refractivity contribution in [3.63, 3.8) is 0 Å². The zero-order valence-electron chi connectivity index (χ0n) is 34.7. The molecule has 0 spiro atoms. The van der Waals surface area contributed by atoms with E-state index in [0.717, 1.165) is 57.9 Å². The zero-order chi connectivity index (χ0) is 36.8. The van der Waals surface area contributed by atoms with Crippen molar-refractivity contribution in [3.8, 4) is 0 Å². The molecule has 0 saturated heterocycles. The molecule has 0 radical (unpaired) electrons. The first kappa shape index (κ1) is 48.9. The summed E-state index contributed by atoms with van der Waals surface area (Å²) >= 11 is 0. The number of nitrogens with zero attached hydrogens (tertiary/aromatic N) is 1. The average molecular weight is 708 g/mol. The largest absolute Gasteiger partial charge is 0.463 e. The summed E-state index contributed by atoms with van der Waals surface area (Å²) in [5.74, 6) is 0.0341. The molecule has 0 aromatic carbocycles. The summed E-state index contributed by atoms with van der Waals surface area (Å²) in [4.78, 5) is 27.4. The van der Waals surface area contributed by atoms with E-state index in [2.05, 4.69) is 39.5 Å². The van der Waals surface area contributed by atoms with Gasteiger partial charge in [0.1, 0.15) is 6.10 Å². The van der Waals surface area contributed by atoms with Crippen molar-refractivity contribution < 1.29 is 19.1 Å². The van der Waals surface area contributed by atoms with Crippen LogP contribution in [0.15, 0.2) is 0 Å². The minimum atomic E-state index is -0.00606. The van der Waals surface area contributed by atoms with E-state index in [9.17, 15) is 9.59 Å². The van der Waals surface area contributed by atoms with Gasteiger partial charge in [-0.15, -0.1) is 0 Å². The second kappa shape index (κ2) is 39.1. The van der Waals surface area contributed by atoms with Gasteiger partial charge >= 0.3 is 11.9 Å². The van der Waals surface area contributed by atoms with E-state index in [0.29, 0.717) is 12.8 Å². The number of unbranched alkanes of at least 4 members (excludes halogenated alkanes) is 23. The maximum atomic E-state index is 12.7. The summed E-state index contributed by atoms with van der Waals surface area (Å²) in [5, 5.41) is 0. The van der Waals surface area contributed by atoms with Crippen LogP contribution in [0.1, 0.15) is 247 Å². The molecule has 1 unspecified atom stereocenters. The molecule has 298 valence electrons. The highest BCUT2D eigenvalue weighted by molar-refractivity contribution is 5.69. The second-order valence-electron chi connectivity index (χ2n) is 15.6. The van der Waals surface area contributed by atoms with Gasteiger partial charge in [0.25, 0.3) is 0 Å². The summed E-state index contributed by atoms with van der Waals surface area (Å²) < 4.78 is 11.7. The molecule has 1 atom stereocenters. The molecular weight excluding hydrogens is 618 g/mol. The fourth-order valence-corrected chi connectivity index (χ4v) is 7.06. The highest BCUT2D eigenvalue weighted by Gasteiger charge is 2.14. The van der Waals surface area contributed by atoms with Crippen molar-refractivity contribution in [1.29, 1.82) is 0 Å². The number of esters is 2. The minimum Gasteiger partial charge on any atom is -0.463 e.